The topological polar surface area (TPSA) is 34.1 Å². The summed E-state index contributed by atoms with van der Waals surface area (Å²) in [4.78, 5) is -2.13. The fourth-order valence-corrected chi connectivity index (χ4v) is 2.96. The zero-order chi connectivity index (χ0) is 23.4. The van der Waals surface area contributed by atoms with Crippen LogP contribution in [-0.2, 0) is 16.1 Å². The molecule has 0 saturated heterocycles. The van der Waals surface area contributed by atoms with Gasteiger partial charge in [0.15, 0.2) is 0 Å². The van der Waals surface area contributed by atoms with Crippen LogP contribution < -0.4 is 0 Å². The summed E-state index contributed by atoms with van der Waals surface area (Å²) in [7, 11) is -7.33. The lowest BCUT2D eigenvalue weighted by Gasteiger charge is -2.29. The Labute approximate surface area is 155 Å². The number of halogens is 14. The highest BCUT2D eigenvalue weighted by Crippen LogP contribution is 2.54. The number of rotatable bonds is 6. The minimum absolute atomic E-state index is 0.898. The van der Waals surface area contributed by atoms with E-state index >= 15 is 0 Å². The van der Waals surface area contributed by atoms with Crippen LogP contribution in [0.1, 0.15) is 5.56 Å². The van der Waals surface area contributed by atoms with E-state index in [0.717, 1.165) is 0 Å². The van der Waals surface area contributed by atoms with Gasteiger partial charge in [-0.15, -0.1) is 0 Å². The predicted molar refractivity (Wildman–Crippen MR) is 67.0 cm³/mol. The normalized spacial score (nSPS) is 15.0. The first-order chi connectivity index (χ1) is 12.5. The van der Waals surface area contributed by atoms with Crippen molar-refractivity contribution in [2.75, 3.05) is 0 Å². The summed E-state index contributed by atoms with van der Waals surface area (Å²) < 4.78 is 201. The van der Waals surface area contributed by atoms with Gasteiger partial charge < -0.3 is 0 Å². The van der Waals surface area contributed by atoms with Crippen molar-refractivity contribution >= 4 is 22.0 Å². The van der Waals surface area contributed by atoms with Gasteiger partial charge in [-0.1, -0.05) is 3.89 Å². The first-order valence-corrected chi connectivity index (χ1v) is 8.41. The van der Waals surface area contributed by atoms with Crippen LogP contribution in [0.5, 0.6) is 0 Å². The van der Waals surface area contributed by atoms with E-state index in [4.69, 9.17) is 0 Å². The minimum atomic E-state index is -7.33. The fraction of sp³-hybridized carbons (Fsp3) is 0.455. The third kappa shape index (κ3) is 4.22. The molecule has 1 aromatic rings. The highest BCUT2D eigenvalue weighted by molar-refractivity contribution is 8.01. The second kappa shape index (κ2) is 7.05. The zero-order valence-corrected chi connectivity index (χ0v) is 14.2. The maximum absolute atomic E-state index is 13.6. The van der Waals surface area contributed by atoms with E-state index in [1.807, 2.05) is 0 Å². The van der Waals surface area contributed by atoms with Crippen LogP contribution in [-0.4, -0.2) is 31.0 Å². The van der Waals surface area contributed by atoms with E-state index in [1.54, 1.807) is 0 Å². The molecule has 0 N–H and O–H groups in total. The third-order valence-corrected chi connectivity index (χ3v) is 5.04. The Bertz CT molecular complexity index is 890. The fourth-order valence-electron chi connectivity index (χ4n) is 1.53. The maximum Gasteiger partial charge on any atom is 0.460 e. The Morgan fingerprint density at radius 2 is 1.21 bits per heavy atom. The summed E-state index contributed by atoms with van der Waals surface area (Å²) >= 11 is -1.92. The highest BCUT2D eigenvalue weighted by atomic mass is 32.3. The first-order valence-electron chi connectivity index (χ1n) is 6.21. The lowest BCUT2D eigenvalue weighted by molar-refractivity contribution is -0.360. The molecule has 0 radical (unpaired) electrons. The van der Waals surface area contributed by atoms with Gasteiger partial charge in [-0.3, -0.25) is 0 Å². The molecule has 2 nitrogen and oxygen atoms in total. The molecular weight excluding hydrogens is 494 g/mol. The summed E-state index contributed by atoms with van der Waals surface area (Å²) in [6.45, 7) is 0. The van der Waals surface area contributed by atoms with Crippen molar-refractivity contribution in [3.8, 4) is 0 Å². The van der Waals surface area contributed by atoms with E-state index in [2.05, 4.69) is 0 Å². The molecule has 1 aromatic carbocycles. The Balaban J connectivity index is 3.50. The Kier molecular flexibility index (Phi) is 6.22. The van der Waals surface area contributed by atoms with Crippen molar-refractivity contribution in [3.05, 3.63) is 29.3 Å². The van der Waals surface area contributed by atoms with E-state index in [9.17, 15) is 69.4 Å². The zero-order valence-electron chi connectivity index (χ0n) is 12.6. The van der Waals surface area contributed by atoms with Crippen molar-refractivity contribution < 1.29 is 69.4 Å². The molecule has 1 rings (SSSR count). The molecular formula is C11H2F14O2S2. The minimum Gasteiger partial charge on any atom is -0.206 e. The summed E-state index contributed by atoms with van der Waals surface area (Å²) in [6, 6.07) is -2.01. The molecule has 0 aliphatic rings. The molecule has 168 valence electrons. The number of benzene rings is 1. The lowest BCUT2D eigenvalue weighted by atomic mass is 10.0. The molecule has 0 bridgehead atoms. The van der Waals surface area contributed by atoms with Gasteiger partial charge in [0.05, 0.1) is 10.5 Å². The second-order valence-corrected chi connectivity index (χ2v) is 7.53. The molecule has 0 aliphatic heterocycles. The number of alkyl halides is 11. The van der Waals surface area contributed by atoms with Crippen LogP contribution in [0.25, 0.3) is 0 Å². The first kappa shape index (κ1) is 25.6. The summed E-state index contributed by atoms with van der Waals surface area (Å²) in [5.74, 6) is -19.0. The Morgan fingerprint density at radius 3 is 1.59 bits per heavy atom. The van der Waals surface area contributed by atoms with Gasteiger partial charge in [0.2, 0.25) is 0 Å². The molecule has 0 atom stereocenters. The van der Waals surface area contributed by atoms with Crippen molar-refractivity contribution in [2.24, 2.45) is 0 Å². The van der Waals surface area contributed by atoms with Gasteiger partial charge in [-0.2, -0.15) is 56.7 Å². The largest absolute Gasteiger partial charge is 0.460 e. The molecule has 0 heterocycles. The van der Waals surface area contributed by atoms with Gasteiger partial charge in [0, 0.05) is 0 Å². The molecule has 0 unspecified atom stereocenters. The molecule has 18 heteroatoms. The van der Waals surface area contributed by atoms with Crippen LogP contribution in [0.2, 0.25) is 0 Å². The summed E-state index contributed by atoms with van der Waals surface area (Å²) in [5.41, 5.74) is -2.98. The van der Waals surface area contributed by atoms with E-state index in [-0.39, 0.29) is 0 Å². The van der Waals surface area contributed by atoms with Gasteiger partial charge in [-0.05, 0) is 23.9 Å². The molecule has 0 fully saturated rings. The molecule has 0 amide bonds. The van der Waals surface area contributed by atoms with E-state index in [1.165, 1.54) is 0 Å². The molecule has 0 aromatic heterocycles. The van der Waals surface area contributed by atoms with E-state index in [0.29, 0.717) is 0 Å². The maximum atomic E-state index is 13.6. The van der Waals surface area contributed by atoms with Crippen molar-refractivity contribution in [1.29, 1.82) is 0 Å². The molecule has 0 saturated carbocycles. The molecule has 0 spiro atoms. The smallest absolute Gasteiger partial charge is 0.206 e. The quantitative estimate of drug-likeness (QED) is 0.283. The van der Waals surface area contributed by atoms with Crippen molar-refractivity contribution in [1.82, 2.24) is 0 Å². The molecule has 29 heavy (non-hydrogen) atoms. The standard InChI is InChI=1S/C11H2F14O2S2/c12-4-2-6(28-10(21,22)11(23,24)29(25,26)27)5(13)1-3(4)7(14,15)8(16,17)9(18,19)20/h1-2H. The summed E-state index contributed by atoms with van der Waals surface area (Å²) in [5, 5.41) is -12.6. The average Bonchev–Trinajstić information content (AvgIpc) is 2.47. The number of hydrogen-bond donors (Lipinski definition) is 0. The predicted octanol–water partition coefficient (Wildman–Crippen LogP) is 5.83. The second-order valence-electron chi connectivity index (χ2n) is 4.98. The van der Waals surface area contributed by atoms with Gasteiger partial charge in [0.25, 0.3) is 0 Å². The van der Waals surface area contributed by atoms with Gasteiger partial charge in [0.1, 0.15) is 11.6 Å². The van der Waals surface area contributed by atoms with Crippen molar-refractivity contribution in [2.45, 2.75) is 33.4 Å². The van der Waals surface area contributed by atoms with E-state index < -0.39 is 84.7 Å². The number of thioether (sulfide) groups is 1. The van der Waals surface area contributed by atoms with Crippen LogP contribution in [0.3, 0.4) is 0 Å². The van der Waals surface area contributed by atoms with Crippen LogP contribution in [0.4, 0.5) is 61.0 Å². The monoisotopic (exact) mass is 496 g/mol. The SMILES string of the molecule is O=S(=O)(F)C(F)(F)C(F)(F)Sc1cc(F)c(C(F)(F)C(F)(F)C(F)(F)F)cc1F. The van der Waals surface area contributed by atoms with Crippen LogP contribution >= 0.6 is 11.8 Å². The van der Waals surface area contributed by atoms with Crippen molar-refractivity contribution in [3.63, 3.8) is 0 Å². The lowest BCUT2D eigenvalue weighted by Crippen LogP contribution is -2.50. The summed E-state index contributed by atoms with van der Waals surface area (Å²) in [6.07, 6.45) is -6.97. The van der Waals surface area contributed by atoms with Crippen LogP contribution in [0, 0.1) is 11.6 Å². The average molecular weight is 496 g/mol. The van der Waals surface area contributed by atoms with Gasteiger partial charge >= 0.3 is 38.8 Å². The van der Waals surface area contributed by atoms with Crippen LogP contribution in [0.15, 0.2) is 17.0 Å². The Hall–Kier alpha value is -1.46. The third-order valence-electron chi connectivity index (χ3n) is 2.99. The Morgan fingerprint density at radius 1 is 0.759 bits per heavy atom. The van der Waals surface area contributed by atoms with Gasteiger partial charge in [-0.25, -0.2) is 8.78 Å². The highest BCUT2D eigenvalue weighted by Gasteiger charge is 2.74. The molecule has 0 aliphatic carbocycles. The number of hydrogen-bond acceptors (Lipinski definition) is 3.